The first-order chi connectivity index (χ1) is 13.9. The number of benzene rings is 2. The first kappa shape index (κ1) is 19.4. The van der Waals surface area contributed by atoms with Gasteiger partial charge in [-0.05, 0) is 54.6 Å². The third-order valence-electron chi connectivity index (χ3n) is 4.46. The summed E-state index contributed by atoms with van der Waals surface area (Å²) in [7, 11) is -3.84. The van der Waals surface area contributed by atoms with E-state index in [9.17, 15) is 13.2 Å². The zero-order valence-corrected chi connectivity index (χ0v) is 16.6. The van der Waals surface area contributed by atoms with Crippen molar-refractivity contribution in [1.29, 1.82) is 0 Å². The van der Waals surface area contributed by atoms with Crippen LogP contribution in [0.1, 0.15) is 21.4 Å². The molecule has 1 aliphatic heterocycles. The number of ether oxygens (including phenoxy) is 2. The molecule has 9 heteroatoms. The van der Waals surface area contributed by atoms with Crippen LogP contribution >= 0.6 is 11.6 Å². The van der Waals surface area contributed by atoms with Crippen LogP contribution in [0.3, 0.4) is 0 Å². The Bertz CT molecular complexity index is 1130. The molecule has 1 aliphatic rings. The van der Waals surface area contributed by atoms with Crippen LogP contribution in [0.4, 0.5) is 0 Å². The molecular weight excluding hydrogens is 418 g/mol. The molecule has 2 aromatic carbocycles. The van der Waals surface area contributed by atoms with Crippen molar-refractivity contribution in [2.24, 2.45) is 0 Å². The highest BCUT2D eigenvalue weighted by molar-refractivity contribution is 7.91. The molecule has 7 nitrogen and oxygen atoms in total. The van der Waals surface area contributed by atoms with Gasteiger partial charge in [0.25, 0.3) is 5.91 Å². The van der Waals surface area contributed by atoms with Gasteiger partial charge in [-0.15, -0.1) is 0 Å². The first-order valence-electron chi connectivity index (χ1n) is 8.66. The average Bonchev–Trinajstić information content (AvgIpc) is 3.39. The minimum absolute atomic E-state index is 0.0839. The van der Waals surface area contributed by atoms with Gasteiger partial charge < -0.3 is 19.2 Å². The molecule has 0 saturated carbocycles. The third-order valence-corrected chi connectivity index (χ3v) is 6.79. The number of furan rings is 1. The van der Waals surface area contributed by atoms with Crippen molar-refractivity contribution in [1.82, 2.24) is 5.32 Å². The summed E-state index contributed by atoms with van der Waals surface area (Å²) in [4.78, 5) is 12.7. The van der Waals surface area contributed by atoms with E-state index in [1.165, 1.54) is 30.5 Å². The highest BCUT2D eigenvalue weighted by atomic mass is 35.5. The molecule has 0 saturated heterocycles. The van der Waals surface area contributed by atoms with Crippen LogP contribution in [0, 0.1) is 0 Å². The number of hydrogen-bond acceptors (Lipinski definition) is 6. The lowest BCUT2D eigenvalue weighted by Crippen LogP contribution is -2.31. The van der Waals surface area contributed by atoms with Crippen LogP contribution in [0.25, 0.3) is 0 Å². The predicted molar refractivity (Wildman–Crippen MR) is 105 cm³/mol. The minimum Gasteiger partial charge on any atom is -0.468 e. The molecule has 1 atom stereocenters. The topological polar surface area (TPSA) is 94.8 Å². The highest BCUT2D eigenvalue weighted by Crippen LogP contribution is 2.33. The Balaban J connectivity index is 1.57. The lowest BCUT2D eigenvalue weighted by Gasteiger charge is -2.17. The van der Waals surface area contributed by atoms with Crippen LogP contribution in [0.2, 0.25) is 5.02 Å². The summed E-state index contributed by atoms with van der Waals surface area (Å²) < 4.78 is 42.1. The van der Waals surface area contributed by atoms with E-state index < -0.39 is 21.0 Å². The van der Waals surface area contributed by atoms with Crippen molar-refractivity contribution in [3.05, 3.63) is 77.2 Å². The summed E-state index contributed by atoms with van der Waals surface area (Å²) in [5.74, 6) is 0.812. The van der Waals surface area contributed by atoms with Gasteiger partial charge in [-0.1, -0.05) is 11.6 Å². The average molecular weight is 434 g/mol. The molecule has 3 aromatic rings. The van der Waals surface area contributed by atoms with Crippen LogP contribution in [-0.4, -0.2) is 27.7 Å². The maximum atomic E-state index is 13.2. The first-order valence-corrected chi connectivity index (χ1v) is 10.6. The summed E-state index contributed by atoms with van der Waals surface area (Å²) in [6.45, 7) is -0.0773. The molecule has 4 rings (SSSR count). The van der Waals surface area contributed by atoms with Gasteiger partial charge >= 0.3 is 0 Å². The van der Waals surface area contributed by atoms with Gasteiger partial charge in [-0.3, -0.25) is 4.79 Å². The molecule has 0 bridgehead atoms. The van der Waals surface area contributed by atoms with Crippen molar-refractivity contribution in [2.75, 3.05) is 13.3 Å². The number of amides is 1. The second-order valence-corrected chi connectivity index (χ2v) is 8.85. The molecule has 1 N–H and O–H groups in total. The van der Waals surface area contributed by atoms with E-state index in [-0.39, 0.29) is 24.0 Å². The lowest BCUT2D eigenvalue weighted by atomic mass is 10.2. The summed E-state index contributed by atoms with van der Waals surface area (Å²) >= 11 is 5.86. The number of nitrogens with one attached hydrogen (secondary N) is 1. The number of sulfone groups is 1. The highest BCUT2D eigenvalue weighted by Gasteiger charge is 2.32. The Morgan fingerprint density at radius 2 is 1.83 bits per heavy atom. The lowest BCUT2D eigenvalue weighted by molar-refractivity contribution is 0.0952. The summed E-state index contributed by atoms with van der Waals surface area (Å²) in [5.41, 5.74) is 0.330. The third kappa shape index (κ3) is 3.94. The van der Waals surface area contributed by atoms with Gasteiger partial charge in [0.1, 0.15) is 11.0 Å². The molecule has 0 spiro atoms. The molecule has 0 radical (unpaired) electrons. The SMILES string of the molecule is O=C(NC[C@H](c1ccco1)S(=O)(=O)c1ccc(Cl)cc1)c1ccc2c(c1)OCO2. The molecule has 0 unspecified atom stereocenters. The summed E-state index contributed by atoms with van der Waals surface area (Å²) in [5, 5.41) is 1.99. The molecule has 0 aliphatic carbocycles. The molecule has 0 fully saturated rings. The van der Waals surface area contributed by atoms with Gasteiger partial charge in [0, 0.05) is 17.1 Å². The Hall–Kier alpha value is -2.97. The minimum atomic E-state index is -3.84. The largest absolute Gasteiger partial charge is 0.468 e. The fourth-order valence-corrected chi connectivity index (χ4v) is 4.66. The standard InChI is InChI=1S/C20H16ClNO6S/c21-14-4-6-15(7-5-14)29(24,25)19(17-2-1-9-26-17)11-22-20(23)13-3-8-16-18(10-13)28-12-27-16/h1-10,19H,11-12H2,(H,22,23)/t19-/m1/s1. The van der Waals surface area contributed by atoms with Crippen LogP contribution in [-0.2, 0) is 9.84 Å². The summed E-state index contributed by atoms with van der Waals surface area (Å²) in [6, 6.07) is 13.8. The Morgan fingerprint density at radius 3 is 2.55 bits per heavy atom. The van der Waals surface area contributed by atoms with E-state index in [1.807, 2.05) is 0 Å². The van der Waals surface area contributed by atoms with Crippen molar-refractivity contribution in [2.45, 2.75) is 10.1 Å². The molecule has 150 valence electrons. The van der Waals surface area contributed by atoms with E-state index in [4.69, 9.17) is 25.5 Å². The van der Waals surface area contributed by atoms with Gasteiger partial charge in [-0.2, -0.15) is 0 Å². The Morgan fingerprint density at radius 1 is 1.07 bits per heavy atom. The molecule has 2 heterocycles. The second-order valence-electron chi connectivity index (χ2n) is 6.28. The predicted octanol–water partition coefficient (Wildman–Crippen LogP) is 3.61. The van der Waals surface area contributed by atoms with Gasteiger partial charge in [-0.25, -0.2) is 8.42 Å². The van der Waals surface area contributed by atoms with Gasteiger partial charge in [0.05, 0.1) is 11.2 Å². The maximum Gasteiger partial charge on any atom is 0.251 e. The van der Waals surface area contributed by atoms with E-state index in [2.05, 4.69) is 5.32 Å². The van der Waals surface area contributed by atoms with Crippen molar-refractivity contribution < 1.29 is 27.1 Å². The fraction of sp³-hybridized carbons (Fsp3) is 0.150. The fourth-order valence-electron chi connectivity index (χ4n) is 2.95. The molecule has 1 amide bonds. The zero-order chi connectivity index (χ0) is 20.4. The normalized spacial score (nSPS) is 13.8. The van der Waals surface area contributed by atoms with E-state index >= 15 is 0 Å². The number of carbonyl (C=O) groups excluding carboxylic acids is 1. The number of fused-ring (bicyclic) bond motifs is 1. The van der Waals surface area contributed by atoms with Crippen molar-refractivity contribution in [3.8, 4) is 11.5 Å². The van der Waals surface area contributed by atoms with Crippen molar-refractivity contribution in [3.63, 3.8) is 0 Å². The molecule has 1 aromatic heterocycles. The van der Waals surface area contributed by atoms with Gasteiger partial charge in [0.15, 0.2) is 21.3 Å². The number of rotatable bonds is 6. The number of halogens is 1. The van der Waals surface area contributed by atoms with Crippen molar-refractivity contribution >= 4 is 27.3 Å². The number of carbonyl (C=O) groups is 1. The molecular formula is C20H16ClNO6S. The van der Waals surface area contributed by atoms with E-state index in [0.29, 0.717) is 22.1 Å². The Labute approximate surface area is 172 Å². The van der Waals surface area contributed by atoms with Crippen LogP contribution in [0.15, 0.2) is 70.2 Å². The van der Waals surface area contributed by atoms with Crippen LogP contribution in [0.5, 0.6) is 11.5 Å². The van der Waals surface area contributed by atoms with Crippen LogP contribution < -0.4 is 14.8 Å². The Kier molecular flexibility index (Phi) is 5.21. The van der Waals surface area contributed by atoms with E-state index in [1.54, 1.807) is 30.3 Å². The number of hydrogen-bond donors (Lipinski definition) is 1. The monoisotopic (exact) mass is 433 g/mol. The quantitative estimate of drug-likeness (QED) is 0.638. The summed E-state index contributed by atoms with van der Waals surface area (Å²) in [6.07, 6.45) is 1.39. The molecule has 29 heavy (non-hydrogen) atoms. The maximum absolute atomic E-state index is 13.2. The smallest absolute Gasteiger partial charge is 0.251 e. The second kappa shape index (κ2) is 7.81. The zero-order valence-electron chi connectivity index (χ0n) is 15.0. The van der Waals surface area contributed by atoms with E-state index in [0.717, 1.165) is 0 Å². The van der Waals surface area contributed by atoms with Gasteiger partial charge in [0.2, 0.25) is 6.79 Å².